The van der Waals surface area contributed by atoms with Crippen LogP contribution in [-0.2, 0) is 2.14 Å². The number of aryl methyl sites for hydroxylation is 1. The van der Waals surface area contributed by atoms with Gasteiger partial charge in [0, 0.05) is 5.56 Å². The second-order valence-electron chi connectivity index (χ2n) is 3.28. The Morgan fingerprint density at radius 2 is 1.69 bits per heavy atom. The maximum absolute atomic E-state index is 5.51. The lowest BCUT2D eigenvalue weighted by Gasteiger charge is -2.03. The van der Waals surface area contributed by atoms with Crippen molar-refractivity contribution in [1.82, 2.24) is 10.2 Å². The van der Waals surface area contributed by atoms with Crippen LogP contribution in [0.2, 0.25) is 0 Å². The molecule has 0 aliphatic heterocycles. The van der Waals surface area contributed by atoms with Gasteiger partial charge in [0.15, 0.2) is 0 Å². The molecule has 1 aromatic heterocycles. The molecule has 6 heteroatoms. The second-order valence-corrected chi connectivity index (χ2v) is 10.0. The molecular formula is C10H7Br3N2O. The van der Waals surface area contributed by atoms with E-state index >= 15 is 0 Å². The van der Waals surface area contributed by atoms with Gasteiger partial charge >= 0.3 is 0 Å². The minimum absolute atomic E-state index is 0.420. The average Bonchev–Trinajstić information content (AvgIpc) is 2.67. The van der Waals surface area contributed by atoms with Crippen LogP contribution in [0.15, 0.2) is 28.7 Å². The van der Waals surface area contributed by atoms with Crippen LogP contribution in [0, 0.1) is 6.92 Å². The van der Waals surface area contributed by atoms with Gasteiger partial charge in [-0.25, -0.2) is 0 Å². The third kappa shape index (κ3) is 2.73. The van der Waals surface area contributed by atoms with Crippen molar-refractivity contribution in [3.05, 3.63) is 35.7 Å². The number of hydrogen-bond donors (Lipinski definition) is 0. The zero-order valence-electron chi connectivity index (χ0n) is 8.25. The van der Waals surface area contributed by atoms with E-state index in [-0.39, 0.29) is 0 Å². The number of halogens is 3. The van der Waals surface area contributed by atoms with E-state index in [1.807, 2.05) is 31.2 Å². The fraction of sp³-hybridized carbons (Fsp3) is 0.200. The van der Waals surface area contributed by atoms with Gasteiger partial charge in [-0.2, -0.15) is 0 Å². The van der Waals surface area contributed by atoms with Gasteiger partial charge in [-0.1, -0.05) is 17.7 Å². The molecule has 1 heterocycles. The van der Waals surface area contributed by atoms with E-state index in [2.05, 4.69) is 58.0 Å². The van der Waals surface area contributed by atoms with E-state index in [1.54, 1.807) is 0 Å². The number of rotatable bonds is 1. The third-order valence-electron chi connectivity index (χ3n) is 1.97. The quantitative estimate of drug-likeness (QED) is 0.656. The summed E-state index contributed by atoms with van der Waals surface area (Å²) in [5, 5.41) is 7.90. The minimum Gasteiger partial charge on any atom is -0.417 e. The van der Waals surface area contributed by atoms with Crippen LogP contribution >= 0.6 is 47.8 Å². The van der Waals surface area contributed by atoms with Crippen LogP contribution < -0.4 is 0 Å². The maximum Gasteiger partial charge on any atom is 0.255 e. The second kappa shape index (κ2) is 4.58. The fourth-order valence-corrected chi connectivity index (χ4v) is 1.63. The van der Waals surface area contributed by atoms with Crippen LogP contribution in [0.4, 0.5) is 0 Å². The molecule has 0 bridgehead atoms. The molecule has 0 saturated heterocycles. The topological polar surface area (TPSA) is 38.9 Å². The third-order valence-corrected chi connectivity index (χ3v) is 2.98. The Morgan fingerprint density at radius 1 is 1.06 bits per heavy atom. The summed E-state index contributed by atoms with van der Waals surface area (Å²) in [6.07, 6.45) is 0. The van der Waals surface area contributed by atoms with E-state index in [4.69, 9.17) is 4.42 Å². The maximum atomic E-state index is 5.51. The van der Waals surface area contributed by atoms with Crippen LogP contribution in [0.5, 0.6) is 0 Å². The smallest absolute Gasteiger partial charge is 0.255 e. The highest BCUT2D eigenvalue weighted by atomic mass is 80.0. The summed E-state index contributed by atoms with van der Waals surface area (Å²) in [5.74, 6) is 0.917. The highest BCUT2D eigenvalue weighted by Gasteiger charge is 2.28. The zero-order chi connectivity index (χ0) is 11.8. The summed E-state index contributed by atoms with van der Waals surface area (Å²) < 4.78 is 4.85. The summed E-state index contributed by atoms with van der Waals surface area (Å²) >= 11 is 9.96. The molecule has 16 heavy (non-hydrogen) atoms. The van der Waals surface area contributed by atoms with Gasteiger partial charge in [-0.15, -0.1) is 10.2 Å². The van der Waals surface area contributed by atoms with Crippen molar-refractivity contribution in [2.45, 2.75) is 9.07 Å². The zero-order valence-corrected chi connectivity index (χ0v) is 13.0. The molecule has 0 aliphatic rings. The number of nitrogens with zero attached hydrogens (tertiary/aromatic N) is 2. The fourth-order valence-electron chi connectivity index (χ4n) is 1.15. The summed E-state index contributed by atoms with van der Waals surface area (Å²) in [5.41, 5.74) is 2.10. The molecule has 2 aromatic rings. The van der Waals surface area contributed by atoms with Crippen molar-refractivity contribution >= 4 is 47.8 Å². The molecule has 0 fully saturated rings. The van der Waals surface area contributed by atoms with Crippen LogP contribution in [-0.4, -0.2) is 10.2 Å². The van der Waals surface area contributed by atoms with E-state index in [0.29, 0.717) is 11.8 Å². The molecule has 1 aromatic carbocycles. The van der Waals surface area contributed by atoms with Gasteiger partial charge in [0.05, 0.1) is 0 Å². The summed E-state index contributed by atoms with van der Waals surface area (Å²) in [4.78, 5) is 0. The van der Waals surface area contributed by atoms with Crippen molar-refractivity contribution in [3.8, 4) is 11.5 Å². The minimum atomic E-state index is -0.664. The standard InChI is InChI=1S/C10H7Br3N2O/c1-6-2-4-7(5-3-6)8-14-15-9(16-8)10(11,12)13/h2-5H,1H3. The lowest BCUT2D eigenvalue weighted by molar-refractivity contribution is 0.524. The Morgan fingerprint density at radius 3 is 2.19 bits per heavy atom. The molecular weight excluding hydrogens is 404 g/mol. The molecule has 0 atom stereocenters. The molecule has 0 amide bonds. The lowest BCUT2D eigenvalue weighted by atomic mass is 10.1. The SMILES string of the molecule is Cc1ccc(-c2nnc(C(Br)(Br)Br)o2)cc1. The van der Waals surface area contributed by atoms with Gasteiger partial charge in [-0.3, -0.25) is 0 Å². The molecule has 0 radical (unpaired) electrons. The van der Waals surface area contributed by atoms with Crippen molar-refractivity contribution in [2.24, 2.45) is 0 Å². The first-order chi connectivity index (χ1) is 7.47. The summed E-state index contributed by atoms with van der Waals surface area (Å²) in [6, 6.07) is 7.90. The highest BCUT2D eigenvalue weighted by molar-refractivity contribution is 9.38. The molecule has 2 rings (SSSR count). The Labute approximate surface area is 118 Å². The van der Waals surface area contributed by atoms with E-state index in [9.17, 15) is 0 Å². The number of alkyl halides is 3. The predicted octanol–water partition coefficient (Wildman–Crippen LogP) is 4.34. The van der Waals surface area contributed by atoms with Crippen molar-refractivity contribution in [2.75, 3.05) is 0 Å². The Balaban J connectivity index is 2.35. The van der Waals surface area contributed by atoms with E-state index in [1.165, 1.54) is 5.56 Å². The van der Waals surface area contributed by atoms with Gasteiger partial charge in [0.25, 0.3) is 5.89 Å². The molecule has 84 valence electrons. The molecule has 0 saturated carbocycles. The van der Waals surface area contributed by atoms with Crippen LogP contribution in [0.1, 0.15) is 11.5 Å². The molecule has 0 N–H and O–H groups in total. The first-order valence-electron chi connectivity index (χ1n) is 4.44. The van der Waals surface area contributed by atoms with Gasteiger partial charge < -0.3 is 4.42 Å². The monoisotopic (exact) mass is 408 g/mol. The Bertz CT molecular complexity index is 488. The number of aromatic nitrogens is 2. The number of hydrogen-bond acceptors (Lipinski definition) is 3. The van der Waals surface area contributed by atoms with Gasteiger partial charge in [0.1, 0.15) is 0 Å². The number of benzene rings is 1. The molecule has 3 nitrogen and oxygen atoms in total. The van der Waals surface area contributed by atoms with E-state index < -0.39 is 2.14 Å². The van der Waals surface area contributed by atoms with Crippen molar-refractivity contribution < 1.29 is 4.42 Å². The predicted molar refractivity (Wildman–Crippen MR) is 72.9 cm³/mol. The van der Waals surface area contributed by atoms with Gasteiger partial charge in [-0.05, 0) is 66.8 Å². The van der Waals surface area contributed by atoms with Gasteiger partial charge in [0.2, 0.25) is 8.03 Å². The van der Waals surface area contributed by atoms with Crippen molar-refractivity contribution in [3.63, 3.8) is 0 Å². The first-order valence-corrected chi connectivity index (χ1v) is 6.82. The first kappa shape index (κ1) is 12.3. The van der Waals surface area contributed by atoms with Crippen LogP contribution in [0.25, 0.3) is 11.5 Å². The Hall–Kier alpha value is -0.200. The van der Waals surface area contributed by atoms with Crippen LogP contribution in [0.3, 0.4) is 0 Å². The highest BCUT2D eigenvalue weighted by Crippen LogP contribution is 2.44. The largest absolute Gasteiger partial charge is 0.417 e. The summed E-state index contributed by atoms with van der Waals surface area (Å²) in [6.45, 7) is 2.03. The van der Waals surface area contributed by atoms with E-state index in [0.717, 1.165) is 5.56 Å². The average molecular weight is 411 g/mol. The molecule has 0 aliphatic carbocycles. The molecule has 0 unspecified atom stereocenters. The summed E-state index contributed by atoms with van der Waals surface area (Å²) in [7, 11) is 0. The van der Waals surface area contributed by atoms with Crippen molar-refractivity contribution in [1.29, 1.82) is 0 Å². The lowest BCUT2D eigenvalue weighted by Crippen LogP contribution is -1.97. The normalized spacial score (nSPS) is 11.8. The Kier molecular flexibility index (Phi) is 3.51. The molecule has 0 spiro atoms.